The van der Waals surface area contributed by atoms with Crippen molar-refractivity contribution in [1.82, 2.24) is 0 Å². The smallest absolute Gasteiger partial charge is 0.387 e. The van der Waals surface area contributed by atoms with Crippen molar-refractivity contribution in [2.75, 3.05) is 0 Å². The highest BCUT2D eigenvalue weighted by molar-refractivity contribution is 5.75. The minimum atomic E-state index is -2.83. The van der Waals surface area contributed by atoms with Crippen LogP contribution >= 0.6 is 0 Å². The molecule has 3 heteroatoms. The number of unbranched alkanes of at least 4 members (excludes halogenated alkanes) is 1. The van der Waals surface area contributed by atoms with Crippen LogP contribution in [0.5, 0.6) is 5.75 Å². The Bertz CT molecular complexity index is 522. The summed E-state index contributed by atoms with van der Waals surface area (Å²) in [7, 11) is 0. The zero-order valence-corrected chi connectivity index (χ0v) is 12.2. The molecule has 0 N–H and O–H groups in total. The first-order chi connectivity index (χ1) is 9.63. The molecule has 1 nitrogen and oxygen atoms in total. The highest BCUT2D eigenvalue weighted by atomic mass is 19.3. The maximum absolute atomic E-state index is 12.5. The second-order valence-corrected chi connectivity index (χ2v) is 4.28. The van der Waals surface area contributed by atoms with E-state index in [2.05, 4.69) is 23.5 Å². The number of alkyl halides is 2. The molecule has 0 aromatic heterocycles. The van der Waals surface area contributed by atoms with Gasteiger partial charge in [0.05, 0.1) is 0 Å². The van der Waals surface area contributed by atoms with E-state index in [0.29, 0.717) is 5.56 Å². The van der Waals surface area contributed by atoms with Gasteiger partial charge in [-0.05, 0) is 37.5 Å². The van der Waals surface area contributed by atoms with Crippen LogP contribution in [0.4, 0.5) is 8.78 Å². The fourth-order valence-electron chi connectivity index (χ4n) is 1.97. The Labute approximate surface area is 119 Å². The summed E-state index contributed by atoms with van der Waals surface area (Å²) in [6, 6.07) is 5.10. The SMILES string of the molecule is C/C=C(\CC)c1c(C#CCCC)cccc1OC(F)F. The van der Waals surface area contributed by atoms with Gasteiger partial charge in [-0.1, -0.05) is 37.8 Å². The van der Waals surface area contributed by atoms with Crippen molar-refractivity contribution < 1.29 is 13.5 Å². The average molecular weight is 278 g/mol. The molecule has 0 radical (unpaired) electrons. The van der Waals surface area contributed by atoms with Gasteiger partial charge in [-0.15, -0.1) is 0 Å². The van der Waals surface area contributed by atoms with Gasteiger partial charge in [-0.3, -0.25) is 0 Å². The molecule has 0 atom stereocenters. The van der Waals surface area contributed by atoms with Crippen LogP contribution in [0.25, 0.3) is 5.57 Å². The van der Waals surface area contributed by atoms with Crippen LogP contribution in [0, 0.1) is 11.8 Å². The molecule has 0 spiro atoms. The van der Waals surface area contributed by atoms with Gasteiger partial charge >= 0.3 is 6.61 Å². The quantitative estimate of drug-likeness (QED) is 0.668. The highest BCUT2D eigenvalue weighted by Gasteiger charge is 2.14. The Morgan fingerprint density at radius 1 is 1.35 bits per heavy atom. The van der Waals surface area contributed by atoms with Crippen molar-refractivity contribution in [3.8, 4) is 17.6 Å². The molecule has 0 heterocycles. The van der Waals surface area contributed by atoms with Crippen molar-refractivity contribution in [1.29, 1.82) is 0 Å². The minimum absolute atomic E-state index is 0.193. The van der Waals surface area contributed by atoms with E-state index in [1.165, 1.54) is 0 Å². The van der Waals surface area contributed by atoms with E-state index >= 15 is 0 Å². The lowest BCUT2D eigenvalue weighted by Crippen LogP contribution is -2.05. The standard InChI is InChI=1S/C17H20F2O/c1-4-7-8-10-14-11-9-12-15(20-17(18)19)16(14)13(5-2)6-3/h5,9,11-12,17H,4,6-7H2,1-3H3/b13-5+. The molecule has 108 valence electrons. The molecule has 0 aliphatic rings. The molecular formula is C17H20F2O. The summed E-state index contributed by atoms with van der Waals surface area (Å²) in [5, 5.41) is 0. The van der Waals surface area contributed by atoms with Crippen LogP contribution in [0.3, 0.4) is 0 Å². The van der Waals surface area contributed by atoms with Crippen molar-refractivity contribution in [3.63, 3.8) is 0 Å². The Morgan fingerprint density at radius 3 is 2.65 bits per heavy atom. The van der Waals surface area contributed by atoms with Crippen molar-refractivity contribution >= 4 is 5.57 Å². The summed E-state index contributed by atoms with van der Waals surface area (Å²) < 4.78 is 29.7. The Hall–Kier alpha value is -1.82. The molecule has 1 aromatic rings. The monoisotopic (exact) mass is 278 g/mol. The summed E-state index contributed by atoms with van der Waals surface area (Å²) in [4.78, 5) is 0. The number of benzene rings is 1. The number of ether oxygens (including phenoxy) is 1. The van der Waals surface area contributed by atoms with Crippen molar-refractivity contribution in [2.45, 2.75) is 46.6 Å². The van der Waals surface area contributed by atoms with Crippen LogP contribution in [-0.4, -0.2) is 6.61 Å². The molecule has 0 amide bonds. The summed E-state index contributed by atoms with van der Waals surface area (Å²) in [6.07, 6.45) is 4.41. The van der Waals surface area contributed by atoms with E-state index < -0.39 is 6.61 Å². The number of hydrogen-bond acceptors (Lipinski definition) is 1. The van der Waals surface area contributed by atoms with Crippen LogP contribution in [0.15, 0.2) is 24.3 Å². The zero-order chi connectivity index (χ0) is 15.0. The fourth-order valence-corrected chi connectivity index (χ4v) is 1.97. The Balaban J connectivity index is 3.33. The highest BCUT2D eigenvalue weighted by Crippen LogP contribution is 2.32. The van der Waals surface area contributed by atoms with Gasteiger partial charge in [-0.25, -0.2) is 0 Å². The fraction of sp³-hybridized carbons (Fsp3) is 0.412. The van der Waals surface area contributed by atoms with E-state index in [-0.39, 0.29) is 5.75 Å². The second kappa shape index (κ2) is 8.37. The first-order valence-corrected chi connectivity index (χ1v) is 6.86. The van der Waals surface area contributed by atoms with Gasteiger partial charge in [0.25, 0.3) is 0 Å². The van der Waals surface area contributed by atoms with E-state index in [0.717, 1.165) is 30.4 Å². The molecule has 1 aromatic carbocycles. The number of hydrogen-bond donors (Lipinski definition) is 0. The van der Waals surface area contributed by atoms with E-state index in [9.17, 15) is 8.78 Å². The molecule has 0 bridgehead atoms. The predicted molar refractivity (Wildman–Crippen MR) is 78.8 cm³/mol. The van der Waals surface area contributed by atoms with Crippen LogP contribution < -0.4 is 4.74 Å². The first-order valence-electron chi connectivity index (χ1n) is 6.86. The van der Waals surface area contributed by atoms with Gasteiger partial charge in [0.15, 0.2) is 0 Å². The van der Waals surface area contributed by atoms with E-state index in [4.69, 9.17) is 0 Å². The normalized spacial score (nSPS) is 11.2. The lowest BCUT2D eigenvalue weighted by molar-refractivity contribution is -0.0500. The zero-order valence-electron chi connectivity index (χ0n) is 12.2. The summed E-state index contributed by atoms with van der Waals surface area (Å²) in [5.74, 6) is 6.31. The summed E-state index contributed by atoms with van der Waals surface area (Å²) in [6.45, 7) is 3.09. The molecule has 0 aliphatic carbocycles. The van der Waals surface area contributed by atoms with Gasteiger partial charge in [-0.2, -0.15) is 8.78 Å². The van der Waals surface area contributed by atoms with Crippen LogP contribution in [-0.2, 0) is 0 Å². The molecule has 0 saturated carbocycles. The molecule has 0 saturated heterocycles. The molecular weight excluding hydrogens is 258 g/mol. The van der Waals surface area contributed by atoms with Gasteiger partial charge in [0, 0.05) is 17.5 Å². The largest absolute Gasteiger partial charge is 0.434 e. The molecule has 0 unspecified atom stereocenters. The third-order valence-corrected chi connectivity index (χ3v) is 2.89. The Kier molecular flexibility index (Phi) is 6.79. The van der Waals surface area contributed by atoms with E-state index in [1.807, 2.05) is 26.0 Å². The van der Waals surface area contributed by atoms with Crippen LogP contribution in [0.2, 0.25) is 0 Å². The lowest BCUT2D eigenvalue weighted by atomic mass is 9.96. The molecule has 0 fully saturated rings. The molecule has 20 heavy (non-hydrogen) atoms. The lowest BCUT2D eigenvalue weighted by Gasteiger charge is -2.14. The summed E-state index contributed by atoms with van der Waals surface area (Å²) in [5.41, 5.74) is 2.38. The summed E-state index contributed by atoms with van der Waals surface area (Å²) >= 11 is 0. The van der Waals surface area contributed by atoms with Gasteiger partial charge < -0.3 is 4.74 Å². The average Bonchev–Trinajstić information content (AvgIpc) is 2.42. The van der Waals surface area contributed by atoms with Gasteiger partial charge in [0.1, 0.15) is 5.75 Å². The number of halogens is 2. The second-order valence-electron chi connectivity index (χ2n) is 4.28. The van der Waals surface area contributed by atoms with Crippen molar-refractivity contribution in [3.05, 3.63) is 35.4 Å². The topological polar surface area (TPSA) is 9.23 Å². The van der Waals surface area contributed by atoms with Crippen LogP contribution in [0.1, 0.15) is 51.2 Å². The number of allylic oxidation sites excluding steroid dienone is 2. The Morgan fingerprint density at radius 2 is 2.10 bits per heavy atom. The predicted octanol–water partition coefficient (Wildman–Crippen LogP) is 5.25. The maximum atomic E-state index is 12.5. The molecule has 0 aliphatic heterocycles. The van der Waals surface area contributed by atoms with Gasteiger partial charge in [0.2, 0.25) is 0 Å². The number of rotatable bonds is 5. The first kappa shape index (κ1) is 16.2. The third-order valence-electron chi connectivity index (χ3n) is 2.89. The maximum Gasteiger partial charge on any atom is 0.387 e. The molecule has 1 rings (SSSR count). The van der Waals surface area contributed by atoms with E-state index in [1.54, 1.807) is 12.1 Å². The van der Waals surface area contributed by atoms with Crippen molar-refractivity contribution in [2.24, 2.45) is 0 Å². The minimum Gasteiger partial charge on any atom is -0.434 e. The third kappa shape index (κ3) is 4.38.